The molecule has 3 aliphatic rings. The first-order chi connectivity index (χ1) is 32.4. The summed E-state index contributed by atoms with van der Waals surface area (Å²) in [6.07, 6.45) is 5.48. The molecule has 0 amide bonds. The van der Waals surface area contributed by atoms with E-state index in [1.54, 1.807) is 30.6 Å². The number of benzene rings is 4. The molecular weight excluding hydrogens is 863 g/mol. The molecule has 352 valence electrons. The van der Waals surface area contributed by atoms with Gasteiger partial charge in [0.15, 0.2) is 0 Å². The highest BCUT2D eigenvalue weighted by atomic mass is 16.5. The van der Waals surface area contributed by atoms with E-state index < -0.39 is 22.5 Å². The van der Waals surface area contributed by atoms with Crippen LogP contribution < -0.4 is 25.6 Å². The van der Waals surface area contributed by atoms with Gasteiger partial charge in [0, 0.05) is 58.4 Å². The molecule has 4 aromatic heterocycles. The molecule has 0 radical (unpaired) electrons. The van der Waals surface area contributed by atoms with Gasteiger partial charge in [0.2, 0.25) is 0 Å². The molecule has 0 saturated carbocycles. The second-order valence-corrected chi connectivity index (χ2v) is 23.1. The second kappa shape index (κ2) is 15.0. The summed E-state index contributed by atoms with van der Waals surface area (Å²) in [5.74, 6) is 2.09. The van der Waals surface area contributed by atoms with Gasteiger partial charge in [0.05, 0.1) is 34.7 Å². The first kappa shape index (κ1) is 44.6. The third-order valence-corrected chi connectivity index (χ3v) is 14.4. The highest BCUT2D eigenvalue weighted by Crippen LogP contribution is 2.53. The molecule has 6 heterocycles. The molecule has 69 heavy (non-hydrogen) atoms. The lowest BCUT2D eigenvalue weighted by Crippen LogP contribution is -2.44. The van der Waals surface area contributed by atoms with Crippen LogP contribution in [0.5, 0.6) is 11.5 Å². The summed E-state index contributed by atoms with van der Waals surface area (Å²) in [6.45, 7) is 27.4. The average Bonchev–Trinajstić information content (AvgIpc) is 3.84. The van der Waals surface area contributed by atoms with E-state index >= 15 is 0 Å². The van der Waals surface area contributed by atoms with Crippen molar-refractivity contribution >= 4 is 27.6 Å². The summed E-state index contributed by atoms with van der Waals surface area (Å²) in [5.41, 5.74) is 10.6. The zero-order valence-electron chi connectivity index (χ0n) is 41.7. The van der Waals surface area contributed by atoms with E-state index in [9.17, 15) is 9.59 Å². The molecular formula is C59H59N3O7. The molecule has 0 spiro atoms. The van der Waals surface area contributed by atoms with Crippen LogP contribution in [0.2, 0.25) is 0 Å². The summed E-state index contributed by atoms with van der Waals surface area (Å²) >= 11 is 0. The number of aromatic nitrogens is 2. The number of hydrogen-bond donors (Lipinski definition) is 0. The van der Waals surface area contributed by atoms with Gasteiger partial charge in [-0.1, -0.05) is 65.8 Å². The summed E-state index contributed by atoms with van der Waals surface area (Å²) < 4.78 is 31.2. The van der Waals surface area contributed by atoms with Crippen LogP contribution in [0, 0.1) is 0 Å². The van der Waals surface area contributed by atoms with E-state index in [0.717, 1.165) is 59.1 Å². The SMILES string of the molecule is CC(C)(C)Oc1cc(OC(C)(C)C)c2cc(-c3ccc(-c4ccc5c(c4)-c4cc(-c6cnc(-c7cc8cc9c%10c(c8oc7=O)C(C)(C)CCN%10CCC9(C)C)cn6)ccc4C5(C)C)o3)c(=O)oc2c1. The van der Waals surface area contributed by atoms with Crippen LogP contribution in [0.15, 0.2) is 114 Å². The van der Waals surface area contributed by atoms with Crippen LogP contribution in [0.25, 0.3) is 78.2 Å². The van der Waals surface area contributed by atoms with E-state index in [-0.39, 0.29) is 21.8 Å². The first-order valence-electron chi connectivity index (χ1n) is 24.1. The maximum absolute atomic E-state index is 13.9. The van der Waals surface area contributed by atoms with E-state index in [0.29, 0.717) is 56.5 Å². The van der Waals surface area contributed by atoms with Gasteiger partial charge in [-0.05, 0) is 135 Å². The second-order valence-electron chi connectivity index (χ2n) is 23.1. The van der Waals surface area contributed by atoms with Gasteiger partial charge in [-0.15, -0.1) is 0 Å². The van der Waals surface area contributed by atoms with Crippen molar-refractivity contribution in [1.29, 1.82) is 0 Å². The Kier molecular flexibility index (Phi) is 9.71. The van der Waals surface area contributed by atoms with Gasteiger partial charge < -0.3 is 27.6 Å². The Morgan fingerprint density at radius 1 is 0.580 bits per heavy atom. The quantitative estimate of drug-likeness (QED) is 0.149. The fourth-order valence-corrected chi connectivity index (χ4v) is 10.8. The van der Waals surface area contributed by atoms with Crippen LogP contribution in [-0.2, 0) is 16.2 Å². The molecule has 1 aliphatic carbocycles. The molecule has 10 heteroatoms. The highest BCUT2D eigenvalue weighted by molar-refractivity contribution is 5.93. The summed E-state index contributed by atoms with van der Waals surface area (Å²) in [6, 6.07) is 26.0. The van der Waals surface area contributed by atoms with Gasteiger partial charge in [0.25, 0.3) is 0 Å². The molecule has 0 saturated heterocycles. The fourth-order valence-electron chi connectivity index (χ4n) is 10.8. The number of hydrogen-bond acceptors (Lipinski definition) is 10. The monoisotopic (exact) mass is 921 g/mol. The van der Waals surface area contributed by atoms with Gasteiger partial charge >= 0.3 is 11.3 Å². The van der Waals surface area contributed by atoms with Crippen LogP contribution in [0.4, 0.5) is 5.69 Å². The van der Waals surface area contributed by atoms with E-state index in [4.69, 9.17) is 32.7 Å². The number of furan rings is 1. The van der Waals surface area contributed by atoms with Crippen molar-refractivity contribution in [2.24, 2.45) is 0 Å². The van der Waals surface area contributed by atoms with Crippen LogP contribution in [0.1, 0.15) is 118 Å². The van der Waals surface area contributed by atoms with Gasteiger partial charge in [-0.25, -0.2) is 9.59 Å². The van der Waals surface area contributed by atoms with Crippen LogP contribution in [0.3, 0.4) is 0 Å². The van der Waals surface area contributed by atoms with E-state index in [2.05, 4.69) is 88.9 Å². The fraction of sp³-hybridized carbons (Fsp3) is 0.356. The number of nitrogens with zero attached hydrogens (tertiary/aromatic N) is 3. The van der Waals surface area contributed by atoms with E-state index in [1.807, 2.05) is 59.7 Å². The van der Waals surface area contributed by atoms with Crippen molar-refractivity contribution in [3.8, 4) is 67.8 Å². The lowest BCUT2D eigenvalue weighted by molar-refractivity contribution is 0.122. The number of fused-ring (bicyclic) bond motifs is 6. The number of rotatable bonds is 6. The first-order valence-corrected chi connectivity index (χ1v) is 24.1. The van der Waals surface area contributed by atoms with Crippen molar-refractivity contribution in [3.63, 3.8) is 0 Å². The molecule has 10 nitrogen and oxygen atoms in total. The van der Waals surface area contributed by atoms with E-state index in [1.165, 1.54) is 22.4 Å². The Labute approximate surface area is 402 Å². The molecule has 8 aromatic rings. The van der Waals surface area contributed by atoms with Crippen LogP contribution >= 0.6 is 0 Å². The van der Waals surface area contributed by atoms with Crippen molar-refractivity contribution in [3.05, 3.63) is 134 Å². The predicted molar refractivity (Wildman–Crippen MR) is 274 cm³/mol. The van der Waals surface area contributed by atoms with Gasteiger partial charge in [0.1, 0.15) is 51.0 Å². The molecule has 0 bridgehead atoms. The molecule has 0 N–H and O–H groups in total. The Morgan fingerprint density at radius 3 is 1.88 bits per heavy atom. The maximum Gasteiger partial charge on any atom is 0.347 e. The third kappa shape index (κ3) is 7.54. The van der Waals surface area contributed by atoms with Gasteiger partial charge in [-0.3, -0.25) is 9.97 Å². The summed E-state index contributed by atoms with van der Waals surface area (Å²) in [7, 11) is 0. The maximum atomic E-state index is 13.9. The molecule has 4 aromatic carbocycles. The molecule has 0 fully saturated rings. The summed E-state index contributed by atoms with van der Waals surface area (Å²) in [4.78, 5) is 39.7. The standard InChI is InChI=1S/C59H59N3O7/c1-55(2,3)68-35-27-48-39(49(28-35)69-56(4,5)6)29-40(54(64)66-48)47-18-17-46(65-47)33-14-16-42-37(24-33)36-23-32(13-15-41(36)59(42,11)12)44-30-61-45(31-60-44)38-25-34-26-43-51-50(52(34)67-53(38)63)58(9,10)20-22-62(51)21-19-57(43,7)8/h13-18,23-31H,19-22H2,1-12H3. The molecule has 2 aliphatic heterocycles. The lowest BCUT2D eigenvalue weighted by Gasteiger charge is -2.48. The predicted octanol–water partition coefficient (Wildman–Crippen LogP) is 13.8. The molecule has 0 atom stereocenters. The average molecular weight is 922 g/mol. The Bertz CT molecular complexity index is 3550. The molecule has 11 rings (SSSR count). The molecule has 0 unspecified atom stereocenters. The Morgan fingerprint density at radius 2 is 1.20 bits per heavy atom. The minimum absolute atomic E-state index is 0.00483. The smallest absolute Gasteiger partial charge is 0.347 e. The van der Waals surface area contributed by atoms with Crippen molar-refractivity contribution in [2.75, 3.05) is 18.0 Å². The van der Waals surface area contributed by atoms with Crippen molar-refractivity contribution in [2.45, 2.75) is 123 Å². The Balaban J connectivity index is 0.917. The number of anilines is 1. The lowest BCUT2D eigenvalue weighted by atomic mass is 9.69. The Hall–Kier alpha value is -6.94. The highest BCUT2D eigenvalue weighted by Gasteiger charge is 2.42. The topological polar surface area (TPSA) is 121 Å². The normalized spacial score (nSPS) is 16.6. The minimum atomic E-state index is -0.528. The van der Waals surface area contributed by atoms with Crippen molar-refractivity contribution < 1.29 is 22.7 Å². The zero-order valence-corrected chi connectivity index (χ0v) is 41.7. The minimum Gasteiger partial charge on any atom is -0.488 e. The summed E-state index contributed by atoms with van der Waals surface area (Å²) in [5, 5.41) is 1.55. The largest absolute Gasteiger partial charge is 0.488 e. The van der Waals surface area contributed by atoms with Crippen LogP contribution in [-0.4, -0.2) is 34.3 Å². The number of ether oxygens (including phenoxy) is 2. The van der Waals surface area contributed by atoms with Gasteiger partial charge in [-0.2, -0.15) is 0 Å². The zero-order chi connectivity index (χ0) is 48.7. The van der Waals surface area contributed by atoms with Crippen molar-refractivity contribution in [1.82, 2.24) is 9.97 Å². The third-order valence-electron chi connectivity index (χ3n) is 14.4.